The largest absolute Gasteiger partial charge is 0.352 e. The molecule has 0 aliphatic rings. The highest BCUT2D eigenvalue weighted by atomic mass is 32.2. The molecule has 3 aromatic rings. The van der Waals surface area contributed by atoms with Crippen LogP contribution in [-0.2, 0) is 0 Å². The lowest BCUT2D eigenvalue weighted by Gasteiger charge is -2.11. The quantitative estimate of drug-likeness (QED) is 0.549. The van der Waals surface area contributed by atoms with Crippen LogP contribution in [0.3, 0.4) is 0 Å². The number of benzene rings is 2. The van der Waals surface area contributed by atoms with Crippen molar-refractivity contribution in [1.29, 1.82) is 0 Å². The van der Waals surface area contributed by atoms with Crippen LogP contribution < -0.4 is 10.6 Å². The average Bonchev–Trinajstić information content (AvgIpc) is 2.75. The van der Waals surface area contributed by atoms with Gasteiger partial charge in [0.1, 0.15) is 5.03 Å². The van der Waals surface area contributed by atoms with Crippen molar-refractivity contribution in [1.82, 2.24) is 10.3 Å². The number of aromatic nitrogens is 1. The summed E-state index contributed by atoms with van der Waals surface area (Å²) in [6.07, 6.45) is 2.54. The molecule has 2 amide bonds. The first-order chi connectivity index (χ1) is 14.5. The highest BCUT2D eigenvalue weighted by Gasteiger charge is 2.15. The van der Waals surface area contributed by atoms with Gasteiger partial charge in [-0.3, -0.25) is 9.59 Å². The van der Waals surface area contributed by atoms with Gasteiger partial charge in [0.05, 0.1) is 5.56 Å². The first-order valence-electron chi connectivity index (χ1n) is 9.87. The number of nitrogens with zero attached hydrogens (tertiary/aromatic N) is 1. The summed E-state index contributed by atoms with van der Waals surface area (Å²) in [5, 5.41) is 6.36. The van der Waals surface area contributed by atoms with E-state index in [9.17, 15) is 9.59 Å². The molecule has 154 valence electrons. The molecule has 5 nitrogen and oxygen atoms in total. The van der Waals surface area contributed by atoms with E-state index < -0.39 is 0 Å². The van der Waals surface area contributed by atoms with E-state index in [-0.39, 0.29) is 11.8 Å². The normalized spacial score (nSPS) is 10.5. The van der Waals surface area contributed by atoms with E-state index in [0.717, 1.165) is 11.3 Å². The summed E-state index contributed by atoms with van der Waals surface area (Å²) in [7, 11) is 0. The van der Waals surface area contributed by atoms with Crippen LogP contribution >= 0.6 is 11.8 Å². The average molecular weight is 420 g/mol. The summed E-state index contributed by atoms with van der Waals surface area (Å²) < 4.78 is 0. The van der Waals surface area contributed by atoms with E-state index in [1.54, 1.807) is 42.6 Å². The Morgan fingerprint density at radius 3 is 2.57 bits per heavy atom. The molecule has 1 aromatic heterocycles. The molecule has 0 fully saturated rings. The van der Waals surface area contributed by atoms with Gasteiger partial charge in [-0.05, 0) is 73.9 Å². The van der Waals surface area contributed by atoms with Crippen LogP contribution in [0.15, 0.2) is 70.7 Å². The van der Waals surface area contributed by atoms with Gasteiger partial charge in [-0.25, -0.2) is 4.98 Å². The van der Waals surface area contributed by atoms with Gasteiger partial charge in [0.15, 0.2) is 0 Å². The Hall–Kier alpha value is -3.12. The Balaban J connectivity index is 1.78. The molecule has 0 aliphatic carbocycles. The second kappa shape index (κ2) is 10.1. The lowest BCUT2D eigenvalue weighted by atomic mass is 10.1. The van der Waals surface area contributed by atoms with Crippen LogP contribution in [-0.4, -0.2) is 23.3 Å². The molecule has 0 bridgehead atoms. The fourth-order valence-corrected chi connectivity index (χ4v) is 3.79. The fourth-order valence-electron chi connectivity index (χ4n) is 2.81. The number of rotatable bonds is 7. The minimum absolute atomic E-state index is 0.152. The Morgan fingerprint density at radius 2 is 1.80 bits per heavy atom. The number of amides is 2. The Kier molecular flexibility index (Phi) is 7.25. The maximum absolute atomic E-state index is 12.9. The van der Waals surface area contributed by atoms with E-state index in [4.69, 9.17) is 0 Å². The molecule has 0 unspecified atom stereocenters. The predicted octanol–water partition coefficient (Wildman–Crippen LogP) is 5.24. The van der Waals surface area contributed by atoms with Crippen LogP contribution in [0, 0.1) is 13.8 Å². The molecule has 30 heavy (non-hydrogen) atoms. The molecule has 3 rings (SSSR count). The molecule has 0 aliphatic heterocycles. The molecular formula is C24H25N3O2S. The molecule has 0 saturated carbocycles. The molecule has 0 spiro atoms. The maximum atomic E-state index is 12.9. The van der Waals surface area contributed by atoms with Gasteiger partial charge < -0.3 is 10.6 Å². The molecule has 2 N–H and O–H groups in total. The van der Waals surface area contributed by atoms with Crippen molar-refractivity contribution >= 4 is 29.3 Å². The monoisotopic (exact) mass is 419 g/mol. The second-order valence-electron chi connectivity index (χ2n) is 7.00. The van der Waals surface area contributed by atoms with E-state index in [1.807, 2.05) is 13.0 Å². The van der Waals surface area contributed by atoms with Crippen LogP contribution in [0.1, 0.15) is 45.2 Å². The maximum Gasteiger partial charge on any atom is 0.258 e. The second-order valence-corrected chi connectivity index (χ2v) is 8.06. The van der Waals surface area contributed by atoms with Crippen LogP contribution in [0.2, 0.25) is 0 Å². The molecular weight excluding hydrogens is 394 g/mol. The van der Waals surface area contributed by atoms with E-state index in [0.29, 0.717) is 28.4 Å². The smallest absolute Gasteiger partial charge is 0.258 e. The van der Waals surface area contributed by atoms with Crippen molar-refractivity contribution < 1.29 is 9.59 Å². The van der Waals surface area contributed by atoms with Crippen molar-refractivity contribution in [2.75, 3.05) is 11.9 Å². The number of hydrogen-bond acceptors (Lipinski definition) is 4. The molecule has 0 atom stereocenters. The van der Waals surface area contributed by atoms with Crippen LogP contribution in [0.5, 0.6) is 0 Å². The first-order valence-corrected chi connectivity index (χ1v) is 10.7. The van der Waals surface area contributed by atoms with E-state index >= 15 is 0 Å². The van der Waals surface area contributed by atoms with Crippen LogP contribution in [0.4, 0.5) is 5.69 Å². The predicted molar refractivity (Wildman–Crippen MR) is 121 cm³/mol. The van der Waals surface area contributed by atoms with Gasteiger partial charge in [-0.15, -0.1) is 0 Å². The number of anilines is 1. The topological polar surface area (TPSA) is 71.1 Å². The number of carbonyl (C=O) groups is 2. The van der Waals surface area contributed by atoms with Crippen molar-refractivity contribution in [3.05, 3.63) is 83.0 Å². The lowest BCUT2D eigenvalue weighted by Crippen LogP contribution is -2.24. The minimum atomic E-state index is -0.263. The van der Waals surface area contributed by atoms with Crippen molar-refractivity contribution in [2.24, 2.45) is 0 Å². The zero-order chi connectivity index (χ0) is 21.5. The number of carbonyl (C=O) groups excluding carboxylic acids is 2. The third kappa shape index (κ3) is 5.48. The molecule has 0 saturated heterocycles. The number of hydrogen-bond donors (Lipinski definition) is 2. The van der Waals surface area contributed by atoms with Crippen molar-refractivity contribution in [3.8, 4) is 0 Å². The van der Waals surface area contributed by atoms with Gasteiger partial charge in [-0.2, -0.15) is 0 Å². The lowest BCUT2D eigenvalue weighted by molar-refractivity contribution is 0.0952. The Bertz CT molecular complexity index is 1070. The van der Waals surface area contributed by atoms with Crippen molar-refractivity contribution in [2.45, 2.75) is 37.1 Å². The summed E-state index contributed by atoms with van der Waals surface area (Å²) in [4.78, 5) is 30.6. The zero-order valence-corrected chi connectivity index (χ0v) is 18.2. The summed E-state index contributed by atoms with van der Waals surface area (Å²) in [6.45, 7) is 6.75. The van der Waals surface area contributed by atoms with Gasteiger partial charge in [0, 0.05) is 28.9 Å². The summed E-state index contributed by atoms with van der Waals surface area (Å²) >= 11 is 1.46. The Labute approximate surface area is 181 Å². The summed E-state index contributed by atoms with van der Waals surface area (Å²) in [5.41, 5.74) is 3.98. The van der Waals surface area contributed by atoms with Crippen LogP contribution in [0.25, 0.3) is 0 Å². The zero-order valence-electron chi connectivity index (χ0n) is 17.4. The molecule has 0 radical (unpaired) electrons. The third-order valence-electron chi connectivity index (χ3n) is 4.63. The minimum Gasteiger partial charge on any atom is -0.352 e. The fraction of sp³-hybridized carbons (Fsp3) is 0.208. The number of pyridine rings is 1. The van der Waals surface area contributed by atoms with E-state index in [1.165, 1.54) is 22.9 Å². The molecule has 1 heterocycles. The SMILES string of the molecule is CCCNC(=O)c1cccc(NC(=O)c2cccnc2Sc2ccc(C)c(C)c2)c1. The van der Waals surface area contributed by atoms with Gasteiger partial charge in [0.2, 0.25) is 0 Å². The highest BCUT2D eigenvalue weighted by Crippen LogP contribution is 2.30. The van der Waals surface area contributed by atoms with Gasteiger partial charge in [-0.1, -0.05) is 30.8 Å². The molecule has 2 aromatic carbocycles. The molecule has 6 heteroatoms. The van der Waals surface area contributed by atoms with Gasteiger partial charge >= 0.3 is 0 Å². The van der Waals surface area contributed by atoms with E-state index in [2.05, 4.69) is 41.6 Å². The highest BCUT2D eigenvalue weighted by molar-refractivity contribution is 7.99. The number of nitrogens with one attached hydrogen (secondary N) is 2. The third-order valence-corrected chi connectivity index (χ3v) is 5.64. The Morgan fingerprint density at radius 1 is 0.967 bits per heavy atom. The van der Waals surface area contributed by atoms with Crippen molar-refractivity contribution in [3.63, 3.8) is 0 Å². The summed E-state index contributed by atoms with van der Waals surface area (Å²) in [5.74, 6) is -0.416. The standard InChI is InChI=1S/C24H25N3O2S/c1-4-12-25-22(28)18-7-5-8-19(15-18)27-23(29)21-9-6-13-26-24(21)30-20-11-10-16(2)17(3)14-20/h5-11,13-15H,4,12H2,1-3H3,(H,25,28)(H,27,29). The number of aryl methyl sites for hydroxylation is 2. The first kappa shape index (κ1) is 21.6. The van der Waals surface area contributed by atoms with Gasteiger partial charge in [0.25, 0.3) is 11.8 Å². The summed E-state index contributed by atoms with van der Waals surface area (Å²) in [6, 6.07) is 16.6.